The third kappa shape index (κ3) is 5.18. The lowest BCUT2D eigenvalue weighted by Gasteiger charge is -1.97. The van der Waals surface area contributed by atoms with Crippen molar-refractivity contribution in [2.45, 2.75) is 19.3 Å². The van der Waals surface area contributed by atoms with Gasteiger partial charge in [-0.05, 0) is 24.8 Å². The Bertz CT molecular complexity index is 311. The first-order valence-corrected chi connectivity index (χ1v) is 5.32. The van der Waals surface area contributed by atoms with Gasteiger partial charge in [-0.3, -0.25) is 0 Å². The van der Waals surface area contributed by atoms with Gasteiger partial charge >= 0.3 is 0 Å². The first-order chi connectivity index (χ1) is 7.33. The molecule has 0 amide bonds. The minimum Gasteiger partial charge on any atom is -0.396 e. The molecule has 0 fully saturated rings. The number of aliphatic hydroxyl groups is 1. The molecule has 0 atom stereocenters. The summed E-state index contributed by atoms with van der Waals surface area (Å²) in [6, 6.07) is 10.4. The third-order valence-corrected chi connectivity index (χ3v) is 2.23. The van der Waals surface area contributed by atoms with Crippen LogP contribution in [-0.4, -0.2) is 11.7 Å². The minimum atomic E-state index is 0.182. The molecular weight excluding hydrogens is 184 g/mol. The van der Waals surface area contributed by atoms with Gasteiger partial charge in [-0.2, -0.15) is 0 Å². The fraction of sp³-hybridized carbons (Fsp3) is 0.286. The molecular formula is C14H18O. The van der Waals surface area contributed by atoms with E-state index in [4.69, 9.17) is 5.11 Å². The van der Waals surface area contributed by atoms with E-state index in [9.17, 15) is 0 Å². The summed E-state index contributed by atoms with van der Waals surface area (Å²) < 4.78 is 0. The Morgan fingerprint density at radius 1 is 1.27 bits per heavy atom. The van der Waals surface area contributed by atoms with E-state index < -0.39 is 0 Å². The van der Waals surface area contributed by atoms with Gasteiger partial charge in [0.05, 0.1) is 0 Å². The van der Waals surface area contributed by atoms with Gasteiger partial charge in [-0.15, -0.1) is 0 Å². The van der Waals surface area contributed by atoms with Crippen molar-refractivity contribution in [1.29, 1.82) is 0 Å². The van der Waals surface area contributed by atoms with E-state index in [0.29, 0.717) is 6.42 Å². The van der Waals surface area contributed by atoms with Gasteiger partial charge in [-0.25, -0.2) is 0 Å². The SMILES string of the molecule is C=C(/C=C/CCc1ccccc1)CCO. The van der Waals surface area contributed by atoms with Gasteiger partial charge in [0.25, 0.3) is 0 Å². The highest BCUT2D eigenvalue weighted by Crippen LogP contribution is 2.05. The summed E-state index contributed by atoms with van der Waals surface area (Å²) in [6.45, 7) is 4.02. The first kappa shape index (κ1) is 11.7. The first-order valence-electron chi connectivity index (χ1n) is 5.32. The Labute approximate surface area is 91.8 Å². The molecule has 0 saturated carbocycles. The second-order valence-corrected chi connectivity index (χ2v) is 3.56. The highest BCUT2D eigenvalue weighted by Gasteiger charge is 1.89. The van der Waals surface area contributed by atoms with E-state index in [1.54, 1.807) is 0 Å². The van der Waals surface area contributed by atoms with Gasteiger partial charge in [0.15, 0.2) is 0 Å². The second-order valence-electron chi connectivity index (χ2n) is 3.56. The molecule has 0 unspecified atom stereocenters. The Kier molecular flexibility index (Phi) is 5.49. The fourth-order valence-electron chi connectivity index (χ4n) is 1.37. The van der Waals surface area contributed by atoms with Crippen LogP contribution >= 0.6 is 0 Å². The molecule has 1 heteroatoms. The quantitative estimate of drug-likeness (QED) is 0.703. The summed E-state index contributed by atoms with van der Waals surface area (Å²) in [4.78, 5) is 0. The van der Waals surface area contributed by atoms with Crippen LogP contribution in [0, 0.1) is 0 Å². The molecule has 0 aromatic heterocycles. The number of benzene rings is 1. The lowest BCUT2D eigenvalue weighted by atomic mass is 10.1. The van der Waals surface area contributed by atoms with E-state index in [1.165, 1.54) is 5.56 Å². The van der Waals surface area contributed by atoms with Crippen LogP contribution in [0.25, 0.3) is 0 Å². The molecule has 0 aliphatic carbocycles. The highest BCUT2D eigenvalue weighted by molar-refractivity contribution is 5.17. The average molecular weight is 202 g/mol. The molecule has 0 aliphatic heterocycles. The maximum absolute atomic E-state index is 8.68. The molecule has 0 spiro atoms. The predicted molar refractivity (Wildman–Crippen MR) is 64.7 cm³/mol. The second kappa shape index (κ2) is 7.02. The smallest absolute Gasteiger partial charge is 0.0471 e. The van der Waals surface area contributed by atoms with Gasteiger partial charge in [-0.1, -0.05) is 54.6 Å². The van der Waals surface area contributed by atoms with E-state index in [1.807, 2.05) is 12.1 Å². The monoisotopic (exact) mass is 202 g/mol. The lowest BCUT2D eigenvalue weighted by molar-refractivity contribution is 0.300. The van der Waals surface area contributed by atoms with Crippen molar-refractivity contribution in [2.24, 2.45) is 0 Å². The van der Waals surface area contributed by atoms with Crippen LogP contribution in [0.2, 0.25) is 0 Å². The molecule has 1 N–H and O–H groups in total. The molecule has 1 nitrogen and oxygen atoms in total. The van der Waals surface area contributed by atoms with Crippen LogP contribution in [0.3, 0.4) is 0 Å². The Morgan fingerprint density at radius 2 is 2.00 bits per heavy atom. The number of allylic oxidation sites excluding steroid dienone is 2. The van der Waals surface area contributed by atoms with Crippen LogP contribution in [0.1, 0.15) is 18.4 Å². The van der Waals surface area contributed by atoms with Crippen LogP contribution in [0.15, 0.2) is 54.6 Å². The van der Waals surface area contributed by atoms with Crippen molar-refractivity contribution < 1.29 is 5.11 Å². The Hall–Kier alpha value is -1.34. The van der Waals surface area contributed by atoms with Crippen LogP contribution in [0.5, 0.6) is 0 Å². The summed E-state index contributed by atoms with van der Waals surface area (Å²) in [5.74, 6) is 0. The van der Waals surface area contributed by atoms with E-state index in [0.717, 1.165) is 18.4 Å². The Balaban J connectivity index is 2.24. The largest absolute Gasteiger partial charge is 0.396 e. The zero-order valence-electron chi connectivity index (χ0n) is 9.02. The van der Waals surface area contributed by atoms with Gasteiger partial charge < -0.3 is 5.11 Å². The summed E-state index contributed by atoms with van der Waals surface area (Å²) in [7, 11) is 0. The molecule has 0 saturated heterocycles. The Morgan fingerprint density at radius 3 is 2.67 bits per heavy atom. The van der Waals surface area contributed by atoms with Crippen LogP contribution in [-0.2, 0) is 6.42 Å². The van der Waals surface area contributed by atoms with E-state index in [-0.39, 0.29) is 6.61 Å². The van der Waals surface area contributed by atoms with Gasteiger partial charge in [0.1, 0.15) is 0 Å². The van der Waals surface area contributed by atoms with Gasteiger partial charge in [0, 0.05) is 6.61 Å². The zero-order chi connectivity index (χ0) is 10.9. The van der Waals surface area contributed by atoms with Crippen molar-refractivity contribution >= 4 is 0 Å². The number of rotatable bonds is 6. The maximum Gasteiger partial charge on any atom is 0.0471 e. The molecule has 1 aromatic rings. The van der Waals surface area contributed by atoms with Gasteiger partial charge in [0.2, 0.25) is 0 Å². The highest BCUT2D eigenvalue weighted by atomic mass is 16.2. The third-order valence-electron chi connectivity index (χ3n) is 2.23. The number of hydrogen-bond acceptors (Lipinski definition) is 1. The summed E-state index contributed by atoms with van der Waals surface area (Å²) in [6.07, 6.45) is 6.87. The molecule has 1 aromatic carbocycles. The van der Waals surface area contributed by atoms with Crippen LogP contribution in [0.4, 0.5) is 0 Å². The lowest BCUT2D eigenvalue weighted by Crippen LogP contribution is -1.84. The molecule has 0 radical (unpaired) electrons. The minimum absolute atomic E-state index is 0.182. The molecule has 0 aliphatic rings. The maximum atomic E-state index is 8.68. The van der Waals surface area contributed by atoms with Crippen LogP contribution < -0.4 is 0 Å². The van der Waals surface area contributed by atoms with Crippen molar-refractivity contribution in [2.75, 3.05) is 6.61 Å². The molecule has 0 bridgehead atoms. The molecule has 80 valence electrons. The van der Waals surface area contributed by atoms with Crippen molar-refractivity contribution in [3.05, 3.63) is 60.2 Å². The van der Waals surface area contributed by atoms with Crippen molar-refractivity contribution in [3.8, 4) is 0 Å². The topological polar surface area (TPSA) is 20.2 Å². The summed E-state index contributed by atoms with van der Waals surface area (Å²) in [5.41, 5.74) is 2.35. The molecule has 15 heavy (non-hydrogen) atoms. The number of hydrogen-bond donors (Lipinski definition) is 1. The fourth-order valence-corrected chi connectivity index (χ4v) is 1.37. The average Bonchev–Trinajstić information content (AvgIpc) is 2.26. The normalized spacial score (nSPS) is 10.7. The van der Waals surface area contributed by atoms with Crippen molar-refractivity contribution in [1.82, 2.24) is 0 Å². The predicted octanol–water partition coefficient (Wildman–Crippen LogP) is 3.11. The number of aliphatic hydroxyl groups excluding tert-OH is 1. The van der Waals surface area contributed by atoms with E-state index in [2.05, 4.69) is 36.9 Å². The molecule has 0 heterocycles. The number of aryl methyl sites for hydroxylation is 1. The summed E-state index contributed by atoms with van der Waals surface area (Å²) in [5, 5.41) is 8.68. The summed E-state index contributed by atoms with van der Waals surface area (Å²) >= 11 is 0. The molecule has 1 rings (SSSR count). The van der Waals surface area contributed by atoms with Crippen molar-refractivity contribution in [3.63, 3.8) is 0 Å². The standard InChI is InChI=1S/C14H18O/c1-13(11-12-15)7-5-6-10-14-8-3-2-4-9-14/h2-5,7-9,15H,1,6,10-12H2/b7-5+. The van der Waals surface area contributed by atoms with E-state index >= 15 is 0 Å². The zero-order valence-corrected chi connectivity index (χ0v) is 9.02.